The van der Waals surface area contributed by atoms with Crippen molar-refractivity contribution in [3.63, 3.8) is 0 Å². The maximum absolute atomic E-state index is 12.0. The molecule has 2 unspecified atom stereocenters. The third-order valence-electron chi connectivity index (χ3n) is 3.15. The van der Waals surface area contributed by atoms with Crippen LogP contribution in [0.5, 0.6) is 5.75 Å². The number of halogens is 1. The number of nitrogens with zero attached hydrogens (tertiary/aromatic N) is 1. The Kier molecular flexibility index (Phi) is 4.39. The summed E-state index contributed by atoms with van der Waals surface area (Å²) in [5.74, 6) is -2.91. The zero-order valence-electron chi connectivity index (χ0n) is 10.3. The Bertz CT molecular complexity index is 556. The highest BCUT2D eigenvalue weighted by molar-refractivity contribution is 14.1. The summed E-state index contributed by atoms with van der Waals surface area (Å²) >= 11 is 2.06. The monoisotopic (exact) mass is 389 g/mol. The highest BCUT2D eigenvalue weighted by Crippen LogP contribution is 2.31. The van der Waals surface area contributed by atoms with Gasteiger partial charge in [0.05, 0.1) is 0 Å². The lowest BCUT2D eigenvalue weighted by Gasteiger charge is -2.12. The highest BCUT2D eigenvalue weighted by Gasteiger charge is 2.42. The summed E-state index contributed by atoms with van der Waals surface area (Å²) in [5.41, 5.74) is 0.842. The molecule has 1 aliphatic rings. The van der Waals surface area contributed by atoms with E-state index in [2.05, 4.69) is 22.6 Å². The molecule has 20 heavy (non-hydrogen) atoms. The molecule has 1 saturated heterocycles. The molecule has 0 saturated carbocycles. The molecule has 0 aromatic heterocycles. The molecule has 1 aliphatic heterocycles. The normalized spacial score (nSPS) is 20.3. The fraction of sp³-hybridized carbons (Fsp3) is 0.308. The summed E-state index contributed by atoms with van der Waals surface area (Å²) in [6.45, 7) is 0. The van der Waals surface area contributed by atoms with Gasteiger partial charge in [-0.15, -0.1) is 0 Å². The van der Waals surface area contributed by atoms with Crippen LogP contribution in [0.2, 0.25) is 0 Å². The number of carbonyl (C=O) groups is 3. The van der Waals surface area contributed by atoms with E-state index in [0.717, 1.165) is 5.56 Å². The molecule has 106 valence electrons. The van der Waals surface area contributed by atoms with Crippen LogP contribution >= 0.6 is 22.6 Å². The molecule has 6 nitrogen and oxygen atoms in total. The van der Waals surface area contributed by atoms with E-state index in [-0.39, 0.29) is 33.4 Å². The maximum atomic E-state index is 12.0. The molecule has 2 amide bonds. The van der Waals surface area contributed by atoms with E-state index >= 15 is 0 Å². The Morgan fingerprint density at radius 3 is 2.45 bits per heavy atom. The van der Waals surface area contributed by atoms with Crippen LogP contribution in [-0.4, -0.2) is 33.0 Å². The van der Waals surface area contributed by atoms with Crippen LogP contribution in [0.15, 0.2) is 24.3 Å². The number of amides is 2. The van der Waals surface area contributed by atoms with Crippen LogP contribution in [0, 0.1) is 5.92 Å². The second-order valence-corrected chi connectivity index (χ2v) is 6.03. The van der Waals surface area contributed by atoms with E-state index < -0.39 is 17.7 Å². The Hall–Kier alpha value is -1.48. The standard InChI is InChI=1S/C13H12INO5/c14-10(7-1-3-8(16)4-2-7)6-11(17)9-5-12(18)15(20)13(9)19/h1-4,9-10,16,20H,5-6H2. The Labute approximate surface area is 128 Å². The van der Waals surface area contributed by atoms with Crippen molar-refractivity contribution in [2.75, 3.05) is 0 Å². The van der Waals surface area contributed by atoms with Crippen LogP contribution < -0.4 is 0 Å². The van der Waals surface area contributed by atoms with Gasteiger partial charge in [-0.1, -0.05) is 34.7 Å². The minimum Gasteiger partial charge on any atom is -0.508 e. The lowest BCUT2D eigenvalue weighted by atomic mass is 9.96. The molecular weight excluding hydrogens is 377 g/mol. The molecule has 0 spiro atoms. The van der Waals surface area contributed by atoms with Crippen LogP contribution in [0.25, 0.3) is 0 Å². The fourth-order valence-electron chi connectivity index (χ4n) is 1.99. The van der Waals surface area contributed by atoms with Crippen LogP contribution in [0.4, 0.5) is 0 Å². The van der Waals surface area contributed by atoms with Crippen molar-refractivity contribution < 1.29 is 24.7 Å². The summed E-state index contributed by atoms with van der Waals surface area (Å²) in [4.78, 5) is 34.7. The van der Waals surface area contributed by atoms with E-state index in [9.17, 15) is 19.5 Å². The zero-order valence-corrected chi connectivity index (χ0v) is 12.5. The van der Waals surface area contributed by atoms with Gasteiger partial charge < -0.3 is 5.11 Å². The summed E-state index contributed by atoms with van der Waals surface area (Å²) < 4.78 is -0.170. The summed E-state index contributed by atoms with van der Waals surface area (Å²) in [6, 6.07) is 6.43. The number of imide groups is 1. The zero-order chi connectivity index (χ0) is 14.9. The summed E-state index contributed by atoms with van der Waals surface area (Å²) in [7, 11) is 0. The van der Waals surface area contributed by atoms with Crippen molar-refractivity contribution in [1.29, 1.82) is 0 Å². The van der Waals surface area contributed by atoms with E-state index in [4.69, 9.17) is 5.21 Å². The molecule has 0 aliphatic carbocycles. The third-order valence-corrected chi connectivity index (χ3v) is 4.31. The van der Waals surface area contributed by atoms with E-state index in [0.29, 0.717) is 0 Å². The summed E-state index contributed by atoms with van der Waals surface area (Å²) in [5, 5.41) is 18.3. The molecule has 1 aromatic carbocycles. The number of Topliss-reactive ketones (excluding diaryl/α,β-unsaturated/α-hetero) is 1. The maximum Gasteiger partial charge on any atom is 0.264 e. The molecule has 1 heterocycles. The van der Waals surface area contributed by atoms with Gasteiger partial charge >= 0.3 is 0 Å². The van der Waals surface area contributed by atoms with Gasteiger partial charge in [-0.2, -0.15) is 5.06 Å². The second-order valence-electron chi connectivity index (χ2n) is 4.53. The number of phenolic OH excluding ortho intramolecular Hbond substituents is 1. The number of aromatic hydroxyl groups is 1. The smallest absolute Gasteiger partial charge is 0.264 e. The molecule has 0 radical (unpaired) electrons. The predicted molar refractivity (Wildman–Crippen MR) is 76.2 cm³/mol. The molecule has 1 aromatic rings. The fourth-order valence-corrected chi connectivity index (χ4v) is 2.84. The first-order valence-corrected chi connectivity index (χ1v) is 7.16. The first-order chi connectivity index (χ1) is 9.40. The lowest BCUT2D eigenvalue weighted by Crippen LogP contribution is -2.29. The number of alkyl halides is 1. The first-order valence-electron chi connectivity index (χ1n) is 5.91. The first kappa shape index (κ1) is 14.9. The van der Waals surface area contributed by atoms with Crippen molar-refractivity contribution >= 4 is 40.2 Å². The number of hydrogen-bond donors (Lipinski definition) is 2. The molecule has 0 bridgehead atoms. The van der Waals surface area contributed by atoms with Crippen molar-refractivity contribution in [2.24, 2.45) is 5.92 Å². The van der Waals surface area contributed by atoms with Gasteiger partial charge in [-0.25, -0.2) is 0 Å². The Morgan fingerprint density at radius 2 is 1.95 bits per heavy atom. The summed E-state index contributed by atoms with van der Waals surface area (Å²) in [6.07, 6.45) is -0.185. The van der Waals surface area contributed by atoms with Crippen LogP contribution in [-0.2, 0) is 14.4 Å². The van der Waals surface area contributed by atoms with Crippen molar-refractivity contribution in [2.45, 2.75) is 16.8 Å². The van der Waals surface area contributed by atoms with Gasteiger partial charge in [0.1, 0.15) is 17.5 Å². The Balaban J connectivity index is 2.03. The number of hydroxylamine groups is 2. The quantitative estimate of drug-likeness (QED) is 0.268. The average Bonchev–Trinajstić information content (AvgIpc) is 2.67. The van der Waals surface area contributed by atoms with Crippen molar-refractivity contribution in [3.05, 3.63) is 29.8 Å². The molecule has 2 N–H and O–H groups in total. The van der Waals surface area contributed by atoms with Gasteiger partial charge in [0.15, 0.2) is 0 Å². The van der Waals surface area contributed by atoms with E-state index in [1.54, 1.807) is 12.1 Å². The predicted octanol–water partition coefficient (Wildman–Crippen LogP) is 1.59. The van der Waals surface area contributed by atoms with Crippen molar-refractivity contribution in [1.82, 2.24) is 5.06 Å². The van der Waals surface area contributed by atoms with Gasteiger partial charge in [0.25, 0.3) is 11.8 Å². The molecular formula is C13H12INO5. The van der Waals surface area contributed by atoms with E-state index in [1.807, 2.05) is 0 Å². The van der Waals surface area contributed by atoms with Crippen LogP contribution in [0.3, 0.4) is 0 Å². The van der Waals surface area contributed by atoms with Crippen LogP contribution in [0.1, 0.15) is 22.3 Å². The lowest BCUT2D eigenvalue weighted by molar-refractivity contribution is -0.172. The average molecular weight is 389 g/mol. The number of phenols is 1. The number of hydrogen-bond acceptors (Lipinski definition) is 5. The third kappa shape index (κ3) is 2.98. The van der Waals surface area contributed by atoms with Crippen molar-refractivity contribution in [3.8, 4) is 5.75 Å². The van der Waals surface area contributed by atoms with Gasteiger partial charge in [0, 0.05) is 16.8 Å². The SMILES string of the molecule is O=C(CC(I)c1ccc(O)cc1)C1CC(=O)N(O)C1=O. The Morgan fingerprint density at radius 1 is 1.35 bits per heavy atom. The highest BCUT2D eigenvalue weighted by atomic mass is 127. The minimum absolute atomic E-state index is 0.0192. The molecule has 2 atom stereocenters. The molecule has 2 rings (SSSR count). The topological polar surface area (TPSA) is 94.9 Å². The molecule has 1 fully saturated rings. The van der Waals surface area contributed by atoms with E-state index in [1.165, 1.54) is 12.1 Å². The van der Waals surface area contributed by atoms with Gasteiger partial charge in [0.2, 0.25) is 0 Å². The van der Waals surface area contributed by atoms with Gasteiger partial charge in [-0.05, 0) is 17.7 Å². The largest absolute Gasteiger partial charge is 0.508 e. The number of carbonyl (C=O) groups excluding carboxylic acids is 3. The number of benzene rings is 1. The minimum atomic E-state index is -1.08. The van der Waals surface area contributed by atoms with Gasteiger partial charge in [-0.3, -0.25) is 19.6 Å². The number of rotatable bonds is 4. The second kappa shape index (κ2) is 5.88. The number of ketones is 1. The molecule has 7 heteroatoms.